The topological polar surface area (TPSA) is 215 Å². The number of aliphatic imine (C=N–C) groups is 1. The molecule has 0 aliphatic heterocycles. The summed E-state index contributed by atoms with van der Waals surface area (Å²) in [4.78, 5) is 47.7. The molecule has 2 aromatic rings. The predicted molar refractivity (Wildman–Crippen MR) is 122 cm³/mol. The lowest BCUT2D eigenvalue weighted by molar-refractivity contribution is -0.142. The van der Waals surface area contributed by atoms with E-state index in [9.17, 15) is 19.5 Å². The summed E-state index contributed by atoms with van der Waals surface area (Å²) in [5.74, 6) is -2.48. The van der Waals surface area contributed by atoms with Crippen molar-refractivity contribution in [2.45, 2.75) is 43.8 Å². The predicted octanol–water partition coefficient (Wildman–Crippen LogP) is -1.37. The minimum absolute atomic E-state index is 0.00324. The van der Waals surface area contributed by atoms with Gasteiger partial charge in [0.1, 0.15) is 12.1 Å². The van der Waals surface area contributed by atoms with E-state index in [2.05, 4.69) is 25.6 Å². The van der Waals surface area contributed by atoms with Crippen LogP contribution < -0.4 is 27.8 Å². The van der Waals surface area contributed by atoms with Crippen LogP contribution in [0.25, 0.3) is 0 Å². The first kappa shape index (κ1) is 25.3. The van der Waals surface area contributed by atoms with Crippen molar-refractivity contribution < 1.29 is 19.5 Å². The molecule has 12 heteroatoms. The second-order valence-electron chi connectivity index (χ2n) is 7.49. The second kappa shape index (κ2) is 12.8. The van der Waals surface area contributed by atoms with Gasteiger partial charge < -0.3 is 37.9 Å². The van der Waals surface area contributed by atoms with Crippen LogP contribution in [-0.4, -0.2) is 63.5 Å². The van der Waals surface area contributed by atoms with Gasteiger partial charge in [0.2, 0.25) is 11.8 Å². The number of hydrogen-bond donors (Lipinski definition) is 7. The summed E-state index contributed by atoms with van der Waals surface area (Å²) < 4.78 is 0. The number of benzene rings is 1. The Morgan fingerprint density at radius 1 is 1.06 bits per heavy atom. The molecule has 3 atom stereocenters. The maximum absolute atomic E-state index is 12.9. The Bertz CT molecular complexity index is 929. The standard InChI is InChI=1S/C21H30N8O4/c22-15(9-13-5-2-1-3-6-13)18(30)28-16(7-4-8-26-21(23)24)19(31)29-17(20(32)33)10-14-11-25-12-27-14/h1-3,5-6,11-12,15-17H,4,7-10,22H2,(H,25,27)(H,28,30)(H,29,31)(H,32,33)(H4,23,24,26)/t15-,16-,17-/m0/s1. The lowest BCUT2D eigenvalue weighted by atomic mass is 10.0. The van der Waals surface area contributed by atoms with Crippen LogP contribution in [0.3, 0.4) is 0 Å². The Labute approximate surface area is 191 Å². The fraction of sp³-hybridized carbons (Fsp3) is 0.381. The van der Waals surface area contributed by atoms with E-state index in [1.807, 2.05) is 30.3 Å². The van der Waals surface area contributed by atoms with Crippen molar-refractivity contribution in [3.8, 4) is 0 Å². The summed E-state index contributed by atoms with van der Waals surface area (Å²) in [7, 11) is 0. The van der Waals surface area contributed by atoms with Crippen molar-refractivity contribution >= 4 is 23.7 Å². The fourth-order valence-corrected chi connectivity index (χ4v) is 3.10. The van der Waals surface area contributed by atoms with Gasteiger partial charge in [-0.2, -0.15) is 0 Å². The number of aromatic nitrogens is 2. The number of aliphatic carboxylic acids is 1. The number of aromatic amines is 1. The molecule has 1 aromatic heterocycles. The van der Waals surface area contributed by atoms with Crippen LogP contribution in [0.2, 0.25) is 0 Å². The number of carboxylic acid groups (broad SMARTS) is 1. The van der Waals surface area contributed by atoms with Gasteiger partial charge in [0, 0.05) is 24.9 Å². The van der Waals surface area contributed by atoms with Gasteiger partial charge in [0.25, 0.3) is 0 Å². The summed E-state index contributed by atoms with van der Waals surface area (Å²) in [6, 6.07) is 6.11. The first-order chi connectivity index (χ1) is 15.8. The molecule has 1 heterocycles. The first-order valence-corrected chi connectivity index (χ1v) is 10.4. The third-order valence-corrected chi connectivity index (χ3v) is 4.81. The number of rotatable bonds is 13. The molecule has 1 aromatic carbocycles. The van der Waals surface area contributed by atoms with E-state index in [0.717, 1.165) is 5.56 Å². The average molecular weight is 459 g/mol. The monoisotopic (exact) mass is 458 g/mol. The lowest BCUT2D eigenvalue weighted by Crippen LogP contribution is -2.55. The number of nitrogens with zero attached hydrogens (tertiary/aromatic N) is 2. The van der Waals surface area contributed by atoms with Crippen LogP contribution in [-0.2, 0) is 27.2 Å². The number of hydrogen-bond acceptors (Lipinski definition) is 6. The summed E-state index contributed by atoms with van der Waals surface area (Å²) in [5.41, 5.74) is 18.1. The molecule has 0 bridgehead atoms. The molecule has 0 saturated heterocycles. The van der Waals surface area contributed by atoms with E-state index < -0.39 is 35.9 Å². The van der Waals surface area contributed by atoms with Crippen LogP contribution in [0.1, 0.15) is 24.1 Å². The van der Waals surface area contributed by atoms with Gasteiger partial charge in [-0.05, 0) is 24.8 Å². The third kappa shape index (κ3) is 8.99. The number of guanidine groups is 1. The number of nitrogens with two attached hydrogens (primary N) is 3. The number of imidazole rings is 1. The van der Waals surface area contributed by atoms with E-state index in [4.69, 9.17) is 17.2 Å². The Hall–Kier alpha value is -3.93. The van der Waals surface area contributed by atoms with Crippen molar-refractivity contribution in [1.29, 1.82) is 0 Å². The van der Waals surface area contributed by atoms with Crippen molar-refractivity contribution in [3.05, 3.63) is 54.1 Å². The van der Waals surface area contributed by atoms with Crippen molar-refractivity contribution in [2.75, 3.05) is 6.54 Å². The molecular weight excluding hydrogens is 428 g/mol. The zero-order valence-electron chi connectivity index (χ0n) is 18.1. The molecule has 2 amide bonds. The number of carbonyl (C=O) groups excluding carboxylic acids is 2. The number of carbonyl (C=O) groups is 3. The fourth-order valence-electron chi connectivity index (χ4n) is 3.10. The van der Waals surface area contributed by atoms with Gasteiger partial charge in [0.15, 0.2) is 5.96 Å². The maximum atomic E-state index is 12.9. The Balaban J connectivity index is 2.05. The molecule has 0 unspecified atom stereocenters. The van der Waals surface area contributed by atoms with E-state index in [-0.39, 0.29) is 31.8 Å². The summed E-state index contributed by atoms with van der Waals surface area (Å²) in [5, 5.41) is 14.6. The largest absolute Gasteiger partial charge is 0.480 e. The summed E-state index contributed by atoms with van der Waals surface area (Å²) in [6.45, 7) is 0.245. The molecule has 12 nitrogen and oxygen atoms in total. The third-order valence-electron chi connectivity index (χ3n) is 4.81. The van der Waals surface area contributed by atoms with Crippen molar-refractivity contribution in [3.63, 3.8) is 0 Å². The summed E-state index contributed by atoms with van der Waals surface area (Å²) >= 11 is 0. The quantitative estimate of drug-likeness (QED) is 0.108. The Morgan fingerprint density at radius 3 is 2.36 bits per heavy atom. The number of amides is 2. The normalized spacial score (nSPS) is 13.4. The van der Waals surface area contributed by atoms with Gasteiger partial charge in [-0.1, -0.05) is 30.3 Å². The van der Waals surface area contributed by atoms with Gasteiger partial charge in [0.05, 0.1) is 12.4 Å². The van der Waals surface area contributed by atoms with E-state index in [0.29, 0.717) is 12.1 Å². The molecule has 10 N–H and O–H groups in total. The van der Waals surface area contributed by atoms with Crippen molar-refractivity contribution in [1.82, 2.24) is 20.6 Å². The minimum atomic E-state index is -1.22. The molecule has 0 spiro atoms. The van der Waals surface area contributed by atoms with E-state index in [1.54, 1.807) is 0 Å². The second-order valence-corrected chi connectivity index (χ2v) is 7.49. The molecule has 0 fully saturated rings. The van der Waals surface area contributed by atoms with Crippen LogP contribution in [0, 0.1) is 0 Å². The van der Waals surface area contributed by atoms with Gasteiger partial charge in [-0.15, -0.1) is 0 Å². The van der Waals surface area contributed by atoms with E-state index >= 15 is 0 Å². The Morgan fingerprint density at radius 2 is 1.76 bits per heavy atom. The van der Waals surface area contributed by atoms with Crippen LogP contribution in [0.15, 0.2) is 47.8 Å². The van der Waals surface area contributed by atoms with E-state index in [1.165, 1.54) is 12.5 Å². The van der Waals surface area contributed by atoms with Gasteiger partial charge in [-0.25, -0.2) is 9.78 Å². The minimum Gasteiger partial charge on any atom is -0.480 e. The zero-order chi connectivity index (χ0) is 24.2. The maximum Gasteiger partial charge on any atom is 0.326 e. The highest BCUT2D eigenvalue weighted by Gasteiger charge is 2.28. The smallest absolute Gasteiger partial charge is 0.326 e. The first-order valence-electron chi connectivity index (χ1n) is 10.4. The molecule has 0 aliphatic rings. The highest BCUT2D eigenvalue weighted by atomic mass is 16.4. The van der Waals surface area contributed by atoms with Gasteiger partial charge >= 0.3 is 5.97 Å². The molecule has 2 rings (SSSR count). The number of nitrogens with one attached hydrogen (secondary N) is 3. The number of carboxylic acids is 1. The lowest BCUT2D eigenvalue weighted by Gasteiger charge is -2.23. The highest BCUT2D eigenvalue weighted by molar-refractivity contribution is 5.91. The van der Waals surface area contributed by atoms with Crippen molar-refractivity contribution in [2.24, 2.45) is 22.2 Å². The molecule has 33 heavy (non-hydrogen) atoms. The molecule has 178 valence electrons. The molecule has 0 saturated carbocycles. The highest BCUT2D eigenvalue weighted by Crippen LogP contribution is 2.06. The average Bonchev–Trinajstić information content (AvgIpc) is 3.28. The zero-order valence-corrected chi connectivity index (χ0v) is 18.1. The summed E-state index contributed by atoms with van der Waals surface area (Å²) in [6.07, 6.45) is 3.73. The Kier molecular flexibility index (Phi) is 9.83. The molecule has 0 aliphatic carbocycles. The molecular formula is C21H30N8O4. The van der Waals surface area contributed by atoms with Crippen LogP contribution in [0.4, 0.5) is 0 Å². The van der Waals surface area contributed by atoms with Crippen LogP contribution >= 0.6 is 0 Å². The SMILES string of the molecule is NC(N)=NCCC[C@H](NC(=O)[C@@H](N)Cc1ccccc1)C(=O)N[C@@H](Cc1cnc[nH]1)C(=O)O. The van der Waals surface area contributed by atoms with Crippen LogP contribution in [0.5, 0.6) is 0 Å². The molecule has 0 radical (unpaired) electrons. The number of H-pyrrole nitrogens is 1. The van der Waals surface area contributed by atoms with Gasteiger partial charge in [-0.3, -0.25) is 14.6 Å².